The van der Waals surface area contributed by atoms with Crippen LogP contribution in [0.2, 0.25) is 0 Å². The second-order valence-electron chi connectivity index (χ2n) is 7.38. The van der Waals surface area contributed by atoms with Crippen LogP contribution in [0.1, 0.15) is 41.7 Å². The third kappa shape index (κ3) is 6.62. The van der Waals surface area contributed by atoms with E-state index in [1.807, 2.05) is 0 Å². The quantitative estimate of drug-likeness (QED) is 0.226. The summed E-state index contributed by atoms with van der Waals surface area (Å²) in [5, 5.41) is 9.60. The van der Waals surface area contributed by atoms with Gasteiger partial charge in [-0.1, -0.05) is 31.5 Å². The van der Waals surface area contributed by atoms with Gasteiger partial charge in [0.1, 0.15) is 0 Å². The molecule has 1 radical (unpaired) electrons. The van der Waals surface area contributed by atoms with Gasteiger partial charge in [0.2, 0.25) is 0 Å². The van der Waals surface area contributed by atoms with Crippen molar-refractivity contribution in [2.75, 3.05) is 0 Å². The summed E-state index contributed by atoms with van der Waals surface area (Å²) in [5.74, 6) is -0.0625. The molecule has 3 nitrogen and oxygen atoms in total. The molecular weight excluding hydrogens is 538 g/mol. The van der Waals surface area contributed by atoms with Gasteiger partial charge in [-0.3, -0.25) is 9.78 Å². The first-order valence-corrected chi connectivity index (χ1v) is 9.35. The van der Waals surface area contributed by atoms with Crippen LogP contribution in [0, 0.1) is 40.7 Å². The van der Waals surface area contributed by atoms with Crippen LogP contribution in [0.15, 0.2) is 42.2 Å². The Labute approximate surface area is 187 Å². The van der Waals surface area contributed by atoms with Gasteiger partial charge in [0, 0.05) is 31.6 Å². The van der Waals surface area contributed by atoms with Gasteiger partial charge in [0.15, 0.2) is 5.78 Å². The fourth-order valence-electron chi connectivity index (χ4n) is 3.21. The summed E-state index contributed by atoms with van der Waals surface area (Å²) in [7, 11) is 0. The van der Waals surface area contributed by atoms with E-state index in [0.29, 0.717) is 0 Å². The molecule has 2 aromatic carbocycles. The molecule has 0 saturated carbocycles. The van der Waals surface area contributed by atoms with E-state index in [4.69, 9.17) is 10.1 Å². The standard InChI is InChI=1S/C20H20N.C5H8O2.Ir/c1-12-6-7-18-15(4)16(5)20(21-19(18)11-12)17-9-13(2)8-14(3)10-17;1-4(6)3-5(2)7;/h6-9,11H,1-5H3;3,6H,1-2H3;/q-1;;/b;4-3-;. The number of benzene rings is 2. The molecule has 0 spiro atoms. The van der Waals surface area contributed by atoms with Crippen molar-refractivity contribution in [1.82, 2.24) is 4.98 Å². The van der Waals surface area contributed by atoms with E-state index < -0.39 is 0 Å². The summed E-state index contributed by atoms with van der Waals surface area (Å²) >= 11 is 0. The molecule has 0 aliphatic rings. The monoisotopic (exact) mass is 567 g/mol. The summed E-state index contributed by atoms with van der Waals surface area (Å²) in [4.78, 5) is 14.9. The molecule has 3 rings (SSSR count). The number of carbonyl (C=O) groups excluding carboxylic acids is 1. The minimum absolute atomic E-state index is 0. The second-order valence-corrected chi connectivity index (χ2v) is 7.38. The minimum Gasteiger partial charge on any atom is -0.512 e. The smallest absolute Gasteiger partial charge is 0.155 e. The van der Waals surface area contributed by atoms with Gasteiger partial charge < -0.3 is 5.11 Å². The average Bonchev–Trinajstić information content (AvgIpc) is 2.56. The first-order chi connectivity index (χ1) is 13.1. The van der Waals surface area contributed by atoms with E-state index in [1.165, 1.54) is 47.6 Å². The minimum atomic E-state index is -0.125. The molecule has 0 amide bonds. The number of ketones is 1. The molecule has 0 fully saturated rings. The largest absolute Gasteiger partial charge is 0.512 e. The Bertz CT molecular complexity index is 1040. The van der Waals surface area contributed by atoms with Crippen molar-refractivity contribution >= 4 is 16.7 Å². The fourth-order valence-corrected chi connectivity index (χ4v) is 3.21. The number of carbonyl (C=O) groups is 1. The number of aliphatic hydroxyl groups excluding tert-OH is 1. The Morgan fingerprint density at radius 1 is 0.966 bits per heavy atom. The SMILES string of the molecule is CC(=O)/C=C(/C)O.Cc1[c-]c(-c2nc3cc(C)ccc3c(C)c2C)cc(C)c1.[Ir]. The van der Waals surface area contributed by atoms with Crippen LogP contribution >= 0.6 is 0 Å². The molecule has 4 heteroatoms. The molecular formula is C25H28IrNO2-. The van der Waals surface area contributed by atoms with Crippen molar-refractivity contribution in [3.8, 4) is 11.3 Å². The van der Waals surface area contributed by atoms with Crippen LogP contribution in [0.25, 0.3) is 22.2 Å². The summed E-state index contributed by atoms with van der Waals surface area (Å²) in [6, 6.07) is 14.3. The van der Waals surface area contributed by atoms with Gasteiger partial charge in [0.25, 0.3) is 0 Å². The van der Waals surface area contributed by atoms with Crippen LogP contribution in [-0.4, -0.2) is 15.9 Å². The van der Waals surface area contributed by atoms with Gasteiger partial charge >= 0.3 is 0 Å². The first kappa shape index (κ1) is 24.7. The number of nitrogens with zero attached hydrogens (tertiary/aromatic N) is 1. The zero-order chi connectivity index (χ0) is 21.0. The molecule has 0 bridgehead atoms. The number of aromatic nitrogens is 1. The van der Waals surface area contributed by atoms with Crippen molar-refractivity contribution in [2.45, 2.75) is 48.5 Å². The van der Waals surface area contributed by atoms with E-state index in [0.717, 1.165) is 22.3 Å². The number of hydrogen-bond acceptors (Lipinski definition) is 3. The second kappa shape index (κ2) is 10.5. The fraction of sp³-hybridized carbons (Fsp3) is 0.280. The molecule has 1 aromatic heterocycles. The molecule has 29 heavy (non-hydrogen) atoms. The topological polar surface area (TPSA) is 50.2 Å². The van der Waals surface area contributed by atoms with Crippen LogP contribution in [0.4, 0.5) is 0 Å². The van der Waals surface area contributed by atoms with E-state index in [2.05, 4.69) is 71.0 Å². The van der Waals surface area contributed by atoms with Gasteiger partial charge in [-0.15, -0.1) is 34.9 Å². The molecule has 0 unspecified atom stereocenters. The number of aliphatic hydroxyl groups is 1. The van der Waals surface area contributed by atoms with Crippen LogP contribution in [-0.2, 0) is 24.9 Å². The predicted molar refractivity (Wildman–Crippen MR) is 117 cm³/mol. The van der Waals surface area contributed by atoms with Gasteiger partial charge in [0.05, 0.1) is 11.3 Å². The number of rotatable bonds is 2. The zero-order valence-electron chi connectivity index (χ0n) is 18.1. The molecule has 0 atom stereocenters. The van der Waals surface area contributed by atoms with E-state index in [1.54, 1.807) is 0 Å². The number of aryl methyl sites for hydroxylation is 4. The van der Waals surface area contributed by atoms with Crippen molar-refractivity contribution in [3.05, 3.63) is 76.1 Å². The van der Waals surface area contributed by atoms with Gasteiger partial charge in [-0.2, -0.15) is 0 Å². The summed E-state index contributed by atoms with van der Waals surface area (Å²) < 4.78 is 0. The molecule has 1 N–H and O–H groups in total. The van der Waals surface area contributed by atoms with Crippen LogP contribution in [0.3, 0.4) is 0 Å². The van der Waals surface area contributed by atoms with Crippen LogP contribution in [0.5, 0.6) is 0 Å². The van der Waals surface area contributed by atoms with Crippen molar-refractivity contribution < 1.29 is 30.0 Å². The number of pyridine rings is 1. The molecule has 155 valence electrons. The molecule has 0 aliphatic carbocycles. The van der Waals surface area contributed by atoms with Crippen molar-refractivity contribution in [3.63, 3.8) is 0 Å². The Balaban J connectivity index is 0.000000456. The molecule has 0 saturated heterocycles. The van der Waals surface area contributed by atoms with Crippen LogP contribution < -0.4 is 0 Å². The summed E-state index contributed by atoms with van der Waals surface area (Å²) in [6.07, 6.45) is 1.17. The summed E-state index contributed by atoms with van der Waals surface area (Å²) in [6.45, 7) is 13.5. The summed E-state index contributed by atoms with van der Waals surface area (Å²) in [5.41, 5.74) is 9.43. The zero-order valence-corrected chi connectivity index (χ0v) is 20.5. The maximum atomic E-state index is 10.0. The number of fused-ring (bicyclic) bond motifs is 1. The first-order valence-electron chi connectivity index (χ1n) is 9.35. The Hall–Kier alpha value is -2.29. The van der Waals surface area contributed by atoms with E-state index >= 15 is 0 Å². The van der Waals surface area contributed by atoms with E-state index in [-0.39, 0.29) is 31.6 Å². The Morgan fingerprint density at radius 3 is 2.14 bits per heavy atom. The Morgan fingerprint density at radius 2 is 1.62 bits per heavy atom. The number of allylic oxidation sites excluding steroid dienone is 2. The van der Waals surface area contributed by atoms with Crippen molar-refractivity contribution in [2.24, 2.45) is 0 Å². The van der Waals surface area contributed by atoms with E-state index in [9.17, 15) is 4.79 Å². The van der Waals surface area contributed by atoms with Crippen molar-refractivity contribution in [1.29, 1.82) is 0 Å². The molecule has 0 aliphatic heterocycles. The normalized spacial score (nSPS) is 10.8. The Kier molecular flexibility index (Phi) is 8.94. The average molecular weight is 567 g/mol. The van der Waals surface area contributed by atoms with Gasteiger partial charge in [-0.05, 0) is 57.5 Å². The maximum Gasteiger partial charge on any atom is 0.155 e. The molecule has 1 heterocycles. The third-order valence-corrected chi connectivity index (χ3v) is 4.52. The predicted octanol–water partition coefficient (Wildman–Crippen LogP) is 6.28. The third-order valence-electron chi connectivity index (χ3n) is 4.52. The molecule has 3 aromatic rings. The number of hydrogen-bond donors (Lipinski definition) is 1. The maximum absolute atomic E-state index is 10.0. The van der Waals surface area contributed by atoms with Gasteiger partial charge in [-0.25, -0.2) is 0 Å².